The molecule has 3 rings (SSSR count). The number of allylic oxidation sites excluding steroid dienone is 4. The summed E-state index contributed by atoms with van der Waals surface area (Å²) < 4.78 is 19.5. The molecule has 1 unspecified atom stereocenters. The van der Waals surface area contributed by atoms with E-state index in [-0.39, 0.29) is 5.76 Å². The average molecular weight is 413 g/mol. The van der Waals surface area contributed by atoms with Crippen molar-refractivity contribution in [2.75, 3.05) is 13.7 Å². The minimum Gasteiger partial charge on any atom is -0.492 e. The Morgan fingerprint density at radius 3 is 2.53 bits per heavy atom. The van der Waals surface area contributed by atoms with Crippen LogP contribution < -0.4 is 10.6 Å². The first-order valence-corrected chi connectivity index (χ1v) is 10.4. The monoisotopic (exact) mass is 412 g/mol. The number of fused-ring (bicyclic) bond motifs is 1. The number of halogens is 1. The van der Waals surface area contributed by atoms with Gasteiger partial charge in [0.15, 0.2) is 11.6 Å². The number of aromatic nitrogens is 2. The Morgan fingerprint density at radius 1 is 1.27 bits per heavy atom. The molecule has 1 aliphatic rings. The number of rotatable bonds is 6. The second-order valence-corrected chi connectivity index (χ2v) is 7.54. The van der Waals surface area contributed by atoms with Gasteiger partial charge >= 0.3 is 0 Å². The molecule has 2 heterocycles. The van der Waals surface area contributed by atoms with Gasteiger partial charge in [-0.25, -0.2) is 4.39 Å². The summed E-state index contributed by atoms with van der Waals surface area (Å²) >= 11 is 0. The van der Waals surface area contributed by atoms with Crippen molar-refractivity contribution in [3.05, 3.63) is 71.2 Å². The SMILES string of the molecule is C/C=C(NCc1ccc2nccnc2c1)\C(OC)=C(\F)C=C(C)C.CC1CCCN1. The van der Waals surface area contributed by atoms with Crippen molar-refractivity contribution in [1.29, 1.82) is 0 Å². The molecule has 1 aliphatic heterocycles. The molecule has 0 amide bonds. The largest absolute Gasteiger partial charge is 0.492 e. The van der Waals surface area contributed by atoms with Crippen LogP contribution in [-0.4, -0.2) is 29.7 Å². The molecule has 1 atom stereocenters. The molecular weight excluding hydrogens is 379 g/mol. The second kappa shape index (κ2) is 12.1. The Balaban J connectivity index is 0.000000456. The van der Waals surface area contributed by atoms with E-state index in [1.165, 1.54) is 32.6 Å². The summed E-state index contributed by atoms with van der Waals surface area (Å²) in [5.41, 5.74) is 4.18. The molecule has 162 valence electrons. The van der Waals surface area contributed by atoms with Gasteiger partial charge < -0.3 is 15.4 Å². The highest BCUT2D eigenvalue weighted by molar-refractivity contribution is 5.74. The van der Waals surface area contributed by atoms with E-state index in [1.54, 1.807) is 18.5 Å². The number of methoxy groups -OCH3 is 1. The summed E-state index contributed by atoms with van der Waals surface area (Å²) in [4.78, 5) is 8.54. The van der Waals surface area contributed by atoms with Gasteiger partial charge in [0.2, 0.25) is 0 Å². The summed E-state index contributed by atoms with van der Waals surface area (Å²) in [6.07, 6.45) is 9.33. The maximum Gasteiger partial charge on any atom is 0.177 e. The highest BCUT2D eigenvalue weighted by atomic mass is 19.1. The van der Waals surface area contributed by atoms with E-state index >= 15 is 0 Å². The van der Waals surface area contributed by atoms with Gasteiger partial charge in [-0.05, 0) is 70.9 Å². The maximum absolute atomic E-state index is 14.3. The zero-order valence-electron chi connectivity index (χ0n) is 18.6. The van der Waals surface area contributed by atoms with Crippen molar-refractivity contribution in [3.63, 3.8) is 0 Å². The number of nitrogens with one attached hydrogen (secondary N) is 2. The second-order valence-electron chi connectivity index (χ2n) is 7.54. The van der Waals surface area contributed by atoms with Gasteiger partial charge in [0, 0.05) is 25.0 Å². The van der Waals surface area contributed by atoms with Gasteiger partial charge in [0.1, 0.15) is 0 Å². The van der Waals surface area contributed by atoms with Gasteiger partial charge in [0.05, 0.1) is 23.8 Å². The van der Waals surface area contributed by atoms with Crippen LogP contribution in [0.3, 0.4) is 0 Å². The molecule has 1 aromatic carbocycles. The lowest BCUT2D eigenvalue weighted by Gasteiger charge is -2.14. The highest BCUT2D eigenvalue weighted by Crippen LogP contribution is 2.19. The Kier molecular flexibility index (Phi) is 9.48. The third-order valence-electron chi connectivity index (χ3n) is 4.69. The molecule has 6 heteroatoms. The van der Waals surface area contributed by atoms with Gasteiger partial charge in [-0.15, -0.1) is 0 Å². The summed E-state index contributed by atoms with van der Waals surface area (Å²) in [6.45, 7) is 9.51. The van der Waals surface area contributed by atoms with Crippen LogP contribution in [0.4, 0.5) is 4.39 Å². The lowest BCUT2D eigenvalue weighted by atomic mass is 10.2. The van der Waals surface area contributed by atoms with Crippen molar-refractivity contribution in [3.8, 4) is 0 Å². The fourth-order valence-corrected chi connectivity index (χ4v) is 3.14. The number of hydrogen-bond acceptors (Lipinski definition) is 5. The third kappa shape index (κ3) is 7.26. The summed E-state index contributed by atoms with van der Waals surface area (Å²) in [5.74, 6) is -0.207. The van der Waals surface area contributed by atoms with Crippen molar-refractivity contribution in [1.82, 2.24) is 20.6 Å². The summed E-state index contributed by atoms with van der Waals surface area (Å²) in [5, 5.41) is 6.54. The van der Waals surface area contributed by atoms with Crippen LogP contribution in [0.2, 0.25) is 0 Å². The Labute approximate surface area is 179 Å². The van der Waals surface area contributed by atoms with E-state index < -0.39 is 5.83 Å². The van der Waals surface area contributed by atoms with Gasteiger partial charge in [-0.1, -0.05) is 17.7 Å². The Bertz CT molecular complexity index is 910. The van der Waals surface area contributed by atoms with Crippen LogP contribution in [0.25, 0.3) is 11.0 Å². The molecule has 1 saturated heterocycles. The van der Waals surface area contributed by atoms with Crippen LogP contribution >= 0.6 is 0 Å². The topological polar surface area (TPSA) is 59.1 Å². The molecule has 0 aliphatic carbocycles. The van der Waals surface area contributed by atoms with E-state index in [9.17, 15) is 4.39 Å². The van der Waals surface area contributed by atoms with Crippen molar-refractivity contribution in [2.45, 2.75) is 53.1 Å². The number of ether oxygens (including phenoxy) is 1. The van der Waals surface area contributed by atoms with Gasteiger partial charge in [-0.2, -0.15) is 0 Å². The minimum absolute atomic E-state index is 0.194. The molecule has 0 spiro atoms. The zero-order chi connectivity index (χ0) is 21.9. The van der Waals surface area contributed by atoms with E-state index in [1.807, 2.05) is 39.0 Å². The number of benzene rings is 1. The lowest BCUT2D eigenvalue weighted by molar-refractivity contribution is 0.281. The predicted octanol–water partition coefficient (Wildman–Crippen LogP) is 5.18. The first kappa shape index (κ1) is 23.5. The molecule has 5 nitrogen and oxygen atoms in total. The Hall–Kier alpha value is -2.73. The molecule has 2 aromatic rings. The normalized spacial score (nSPS) is 17.0. The lowest BCUT2D eigenvalue weighted by Crippen LogP contribution is -2.16. The fourth-order valence-electron chi connectivity index (χ4n) is 3.14. The molecule has 1 fully saturated rings. The summed E-state index contributed by atoms with van der Waals surface area (Å²) in [7, 11) is 1.46. The molecule has 0 bridgehead atoms. The van der Waals surface area contributed by atoms with Crippen molar-refractivity contribution < 1.29 is 9.13 Å². The van der Waals surface area contributed by atoms with E-state index in [0.29, 0.717) is 12.2 Å². The first-order valence-electron chi connectivity index (χ1n) is 10.4. The van der Waals surface area contributed by atoms with Crippen LogP contribution in [0.15, 0.2) is 65.6 Å². The van der Waals surface area contributed by atoms with Crippen LogP contribution in [0, 0.1) is 0 Å². The van der Waals surface area contributed by atoms with Gasteiger partial charge in [0.25, 0.3) is 0 Å². The third-order valence-corrected chi connectivity index (χ3v) is 4.69. The summed E-state index contributed by atoms with van der Waals surface area (Å²) in [6, 6.07) is 6.65. The van der Waals surface area contributed by atoms with Crippen LogP contribution in [-0.2, 0) is 11.3 Å². The van der Waals surface area contributed by atoms with Crippen LogP contribution in [0.5, 0.6) is 0 Å². The van der Waals surface area contributed by atoms with E-state index in [0.717, 1.165) is 28.2 Å². The highest BCUT2D eigenvalue weighted by Gasteiger charge is 2.11. The average Bonchev–Trinajstić information content (AvgIpc) is 3.21. The molecule has 1 aromatic heterocycles. The molecule has 0 radical (unpaired) electrons. The van der Waals surface area contributed by atoms with E-state index in [2.05, 4.69) is 27.5 Å². The number of nitrogens with zero attached hydrogens (tertiary/aromatic N) is 2. The maximum atomic E-state index is 14.3. The van der Waals surface area contributed by atoms with Crippen molar-refractivity contribution >= 4 is 11.0 Å². The smallest absolute Gasteiger partial charge is 0.177 e. The first-order chi connectivity index (χ1) is 14.4. The molecule has 0 saturated carbocycles. The molecule has 30 heavy (non-hydrogen) atoms. The minimum atomic E-state index is -0.400. The Morgan fingerprint density at radius 2 is 2.00 bits per heavy atom. The number of hydrogen-bond donors (Lipinski definition) is 2. The fraction of sp³-hybridized carbons (Fsp3) is 0.417. The molecule has 2 N–H and O–H groups in total. The quantitative estimate of drug-likeness (QED) is 0.506. The van der Waals surface area contributed by atoms with Crippen molar-refractivity contribution in [2.24, 2.45) is 0 Å². The van der Waals surface area contributed by atoms with Gasteiger partial charge in [-0.3, -0.25) is 9.97 Å². The molecular formula is C24H33FN4O. The predicted molar refractivity (Wildman–Crippen MR) is 121 cm³/mol. The zero-order valence-corrected chi connectivity index (χ0v) is 18.6. The van der Waals surface area contributed by atoms with Crippen LogP contribution in [0.1, 0.15) is 46.1 Å². The van der Waals surface area contributed by atoms with E-state index in [4.69, 9.17) is 4.74 Å². The standard InChI is InChI=1S/C19H22FN3O.C5H11N/c1-5-16(19(24-4)15(20)10-13(2)3)23-12-14-6-7-17-18(11-14)22-9-8-21-17;1-5-3-2-4-6-5/h5-11,23H,12H2,1-4H3;5-6H,2-4H2,1H3/b16-5+,19-15-;.